The van der Waals surface area contributed by atoms with Crippen molar-refractivity contribution in [3.63, 3.8) is 0 Å². The number of carbonyl (C=O) groups excluding carboxylic acids is 1. The van der Waals surface area contributed by atoms with Crippen molar-refractivity contribution in [1.82, 2.24) is 24.4 Å². The van der Waals surface area contributed by atoms with Gasteiger partial charge in [-0.05, 0) is 18.9 Å². The van der Waals surface area contributed by atoms with Crippen molar-refractivity contribution in [3.05, 3.63) is 24.8 Å². The zero-order valence-electron chi connectivity index (χ0n) is 11.9. The van der Waals surface area contributed by atoms with Crippen molar-refractivity contribution in [3.8, 4) is 0 Å². The second-order valence-corrected chi connectivity index (χ2v) is 5.64. The largest absolute Gasteiger partial charge is 0.346 e. The predicted molar refractivity (Wildman–Crippen MR) is 79.9 cm³/mol. The fourth-order valence-corrected chi connectivity index (χ4v) is 3.28. The lowest BCUT2D eigenvalue weighted by molar-refractivity contribution is -0.130. The van der Waals surface area contributed by atoms with Gasteiger partial charge in [-0.15, -0.1) is 0 Å². The van der Waals surface area contributed by atoms with Gasteiger partial charge >= 0.3 is 0 Å². The van der Waals surface area contributed by atoms with E-state index in [2.05, 4.69) is 19.5 Å². The van der Waals surface area contributed by atoms with E-state index in [-0.39, 0.29) is 11.9 Å². The van der Waals surface area contributed by atoms with Crippen molar-refractivity contribution in [2.24, 2.45) is 0 Å². The number of nitrogens with one attached hydrogen (secondary N) is 1. The Bertz CT molecular complexity index is 818. The first-order valence-electron chi connectivity index (χ1n) is 7.28. The summed E-state index contributed by atoms with van der Waals surface area (Å²) in [4.78, 5) is 25.6. The average molecular weight is 283 g/mol. The van der Waals surface area contributed by atoms with Gasteiger partial charge in [0.1, 0.15) is 11.2 Å². The van der Waals surface area contributed by atoms with Crippen LogP contribution in [0.3, 0.4) is 0 Å². The molecule has 1 N–H and O–H groups in total. The normalized spacial score (nSPS) is 19.5. The lowest BCUT2D eigenvalue weighted by Crippen LogP contribution is -2.39. The van der Waals surface area contributed by atoms with E-state index in [9.17, 15) is 4.79 Å². The molecule has 0 aliphatic carbocycles. The molecule has 1 aliphatic rings. The Labute approximate surface area is 121 Å². The van der Waals surface area contributed by atoms with Crippen LogP contribution in [0.2, 0.25) is 0 Å². The molecule has 0 saturated carbocycles. The van der Waals surface area contributed by atoms with Gasteiger partial charge in [-0.25, -0.2) is 9.97 Å². The Balaban J connectivity index is 1.82. The third kappa shape index (κ3) is 1.90. The van der Waals surface area contributed by atoms with E-state index < -0.39 is 0 Å². The molecule has 21 heavy (non-hydrogen) atoms. The van der Waals surface area contributed by atoms with Crippen molar-refractivity contribution in [1.29, 1.82) is 0 Å². The van der Waals surface area contributed by atoms with E-state index in [0.29, 0.717) is 0 Å². The summed E-state index contributed by atoms with van der Waals surface area (Å²) in [6.07, 6.45) is 7.69. The summed E-state index contributed by atoms with van der Waals surface area (Å²) in [6, 6.07) is 2.32. The minimum absolute atomic E-state index is 0.151. The van der Waals surface area contributed by atoms with Crippen molar-refractivity contribution < 1.29 is 4.79 Å². The van der Waals surface area contributed by atoms with Gasteiger partial charge in [0, 0.05) is 31.6 Å². The highest BCUT2D eigenvalue weighted by Crippen LogP contribution is 2.29. The number of hydrogen-bond donors (Lipinski definition) is 1. The molecular formula is C15H17N5O. The van der Waals surface area contributed by atoms with Crippen molar-refractivity contribution >= 4 is 28.0 Å². The number of fused-ring (bicyclic) bond motifs is 3. The first-order valence-corrected chi connectivity index (χ1v) is 7.28. The molecule has 6 nitrogen and oxygen atoms in total. The molecule has 108 valence electrons. The molecule has 3 aromatic rings. The highest BCUT2D eigenvalue weighted by Gasteiger charge is 2.24. The topological polar surface area (TPSA) is 66.8 Å². The van der Waals surface area contributed by atoms with Crippen LogP contribution in [0.4, 0.5) is 0 Å². The number of rotatable bonds is 1. The van der Waals surface area contributed by atoms with E-state index in [0.717, 1.165) is 48.0 Å². The number of likely N-dealkylation sites (tertiary alicyclic amines) is 1. The van der Waals surface area contributed by atoms with Gasteiger partial charge in [0.05, 0.1) is 24.1 Å². The number of hydrogen-bond acceptors (Lipinski definition) is 3. The van der Waals surface area contributed by atoms with Gasteiger partial charge < -0.3 is 14.5 Å². The third-order valence-corrected chi connectivity index (χ3v) is 4.35. The molecule has 1 fully saturated rings. The highest BCUT2D eigenvalue weighted by atomic mass is 16.2. The molecule has 0 aromatic carbocycles. The third-order valence-electron chi connectivity index (χ3n) is 4.35. The van der Waals surface area contributed by atoms with E-state index in [1.807, 2.05) is 23.5 Å². The first-order chi connectivity index (χ1) is 10.2. The van der Waals surface area contributed by atoms with Crippen LogP contribution in [0.5, 0.6) is 0 Å². The molecule has 0 radical (unpaired) electrons. The number of nitrogens with zero attached hydrogens (tertiary/aromatic N) is 4. The predicted octanol–water partition coefficient (Wildman–Crippen LogP) is 2.10. The minimum atomic E-state index is 0.151. The van der Waals surface area contributed by atoms with Crippen LogP contribution in [0.25, 0.3) is 22.1 Å². The Morgan fingerprint density at radius 3 is 3.19 bits per heavy atom. The van der Waals surface area contributed by atoms with Gasteiger partial charge in [-0.2, -0.15) is 0 Å². The summed E-state index contributed by atoms with van der Waals surface area (Å²) in [5.74, 6) is 0.151. The van der Waals surface area contributed by atoms with E-state index in [1.165, 1.54) is 0 Å². The quantitative estimate of drug-likeness (QED) is 0.743. The second-order valence-electron chi connectivity index (χ2n) is 5.64. The Morgan fingerprint density at radius 1 is 1.43 bits per heavy atom. The number of piperidine rings is 1. The minimum Gasteiger partial charge on any atom is -0.346 e. The number of carbonyl (C=O) groups is 1. The monoisotopic (exact) mass is 283 g/mol. The fourth-order valence-electron chi connectivity index (χ4n) is 3.28. The summed E-state index contributed by atoms with van der Waals surface area (Å²) < 4.78 is 2.21. The number of aromatic amines is 1. The van der Waals surface area contributed by atoms with E-state index in [1.54, 1.807) is 13.1 Å². The number of imidazole rings is 1. The van der Waals surface area contributed by atoms with Crippen molar-refractivity contribution in [2.75, 3.05) is 13.1 Å². The molecule has 0 spiro atoms. The fraction of sp³-hybridized carbons (Fsp3) is 0.400. The number of H-pyrrole nitrogens is 1. The SMILES string of the molecule is CC(=O)N1CCC[C@@H](n2cnc3cnc4[nH]ccc4c32)C1. The smallest absolute Gasteiger partial charge is 0.219 e. The summed E-state index contributed by atoms with van der Waals surface area (Å²) in [7, 11) is 0. The maximum absolute atomic E-state index is 11.6. The summed E-state index contributed by atoms with van der Waals surface area (Å²) in [5, 5.41) is 1.09. The van der Waals surface area contributed by atoms with Crippen LogP contribution < -0.4 is 0 Å². The maximum Gasteiger partial charge on any atom is 0.219 e. The summed E-state index contributed by atoms with van der Waals surface area (Å²) in [5.41, 5.74) is 2.89. The van der Waals surface area contributed by atoms with Crippen LogP contribution in [-0.4, -0.2) is 43.4 Å². The summed E-state index contributed by atoms with van der Waals surface area (Å²) >= 11 is 0. The van der Waals surface area contributed by atoms with Gasteiger partial charge in [0.25, 0.3) is 0 Å². The molecular weight excluding hydrogens is 266 g/mol. The average Bonchev–Trinajstić information content (AvgIpc) is 3.13. The van der Waals surface area contributed by atoms with Gasteiger partial charge in [-0.3, -0.25) is 4.79 Å². The number of pyridine rings is 1. The molecule has 3 aromatic heterocycles. The molecule has 4 rings (SSSR count). The number of aromatic nitrogens is 4. The van der Waals surface area contributed by atoms with Crippen LogP contribution in [-0.2, 0) is 4.79 Å². The zero-order valence-corrected chi connectivity index (χ0v) is 11.9. The van der Waals surface area contributed by atoms with Crippen molar-refractivity contribution in [2.45, 2.75) is 25.8 Å². The first kappa shape index (κ1) is 12.4. The van der Waals surface area contributed by atoms with Crippen LogP contribution in [0.15, 0.2) is 24.8 Å². The second kappa shape index (κ2) is 4.58. The molecule has 0 bridgehead atoms. The van der Waals surface area contributed by atoms with Crippen LogP contribution >= 0.6 is 0 Å². The molecule has 6 heteroatoms. The summed E-state index contributed by atoms with van der Waals surface area (Å²) in [6.45, 7) is 3.26. The lowest BCUT2D eigenvalue weighted by atomic mass is 10.1. The van der Waals surface area contributed by atoms with Crippen LogP contribution in [0, 0.1) is 0 Å². The van der Waals surface area contributed by atoms with Crippen LogP contribution in [0.1, 0.15) is 25.8 Å². The Kier molecular flexibility index (Phi) is 2.70. The Hall–Kier alpha value is -2.37. The lowest BCUT2D eigenvalue weighted by Gasteiger charge is -2.33. The maximum atomic E-state index is 11.6. The zero-order chi connectivity index (χ0) is 14.4. The highest BCUT2D eigenvalue weighted by molar-refractivity contribution is 6.00. The van der Waals surface area contributed by atoms with E-state index in [4.69, 9.17) is 0 Å². The molecule has 1 aliphatic heterocycles. The molecule has 0 unspecified atom stereocenters. The van der Waals surface area contributed by atoms with E-state index >= 15 is 0 Å². The van der Waals surface area contributed by atoms with Gasteiger partial charge in [0.2, 0.25) is 5.91 Å². The molecule has 1 atom stereocenters. The van der Waals surface area contributed by atoms with Gasteiger partial charge in [0.15, 0.2) is 0 Å². The van der Waals surface area contributed by atoms with Gasteiger partial charge in [-0.1, -0.05) is 0 Å². The standard InChI is InChI=1S/C15H17N5O/c1-10(21)19-6-2-3-11(8-19)20-9-18-13-7-17-15-12(14(13)20)4-5-16-15/h4-5,7,9,11H,2-3,6,8H2,1H3,(H,16,17)/t11-/m1/s1. The molecule has 4 heterocycles. The molecule has 1 saturated heterocycles. The Morgan fingerprint density at radius 2 is 2.33 bits per heavy atom. The molecule has 1 amide bonds. The number of amides is 1.